The van der Waals surface area contributed by atoms with Crippen molar-refractivity contribution in [2.45, 2.75) is 50.8 Å². The highest BCUT2D eigenvalue weighted by Crippen LogP contribution is 2.24. The molecule has 1 fully saturated rings. The van der Waals surface area contributed by atoms with Crippen LogP contribution in [0.3, 0.4) is 0 Å². The van der Waals surface area contributed by atoms with Crippen molar-refractivity contribution in [1.82, 2.24) is 4.90 Å². The van der Waals surface area contributed by atoms with Crippen LogP contribution in [0.2, 0.25) is 0 Å². The molecular formula is C48H65NO14S. The van der Waals surface area contributed by atoms with Crippen molar-refractivity contribution in [2.75, 3.05) is 111 Å². The van der Waals surface area contributed by atoms with Crippen molar-refractivity contribution in [3.05, 3.63) is 101 Å². The highest BCUT2D eigenvalue weighted by Gasteiger charge is 2.30. The Kier molecular flexibility index (Phi) is 23.8. The number of hydrogen-bond acceptors (Lipinski definition) is 13. The fourth-order valence-corrected chi connectivity index (χ4v) is 8.45. The van der Waals surface area contributed by atoms with Crippen LogP contribution in [0.5, 0.6) is 0 Å². The molecule has 16 heteroatoms. The maximum absolute atomic E-state index is 14.1. The molecule has 1 aliphatic heterocycles. The first kappa shape index (κ1) is 52.2. The van der Waals surface area contributed by atoms with Crippen LogP contribution in [0.4, 0.5) is 0 Å². The molecule has 1 N–H and O–H groups in total. The summed E-state index contributed by atoms with van der Waals surface area (Å²) in [4.78, 5) is 55.3. The monoisotopic (exact) mass is 911 g/mol. The Hall–Kier alpha value is -4.39. The standard InChI is InChI=1S/C48H65NO14S/c1-37-3-7-39(8-4-37)9-10-43(36-64(55,56)44-16-5-38(2)6-17-44)47(53)41-13-11-40(12-14-41)45(50)35-42(15-18-46(51)52)48(54)49-19-21-57-23-25-59-27-29-61-31-33-63-34-32-62-30-28-60-26-24-58-22-20-49/h3-8,11-14,16-17,42-43H,9-10,15,18-36H2,1-2H3,(H,51,52)/t42-,43?/m1/s1. The molecule has 0 spiro atoms. The first-order chi connectivity index (χ1) is 30.9. The molecule has 0 aliphatic carbocycles. The van der Waals surface area contributed by atoms with E-state index in [1.807, 2.05) is 38.1 Å². The van der Waals surface area contributed by atoms with Gasteiger partial charge >= 0.3 is 5.97 Å². The van der Waals surface area contributed by atoms with E-state index in [1.165, 1.54) is 29.2 Å². The fourth-order valence-electron chi connectivity index (χ4n) is 6.86. The molecule has 0 bridgehead atoms. The number of carbonyl (C=O) groups excluding carboxylic acids is 3. The molecule has 0 saturated carbocycles. The van der Waals surface area contributed by atoms with Gasteiger partial charge in [0.05, 0.1) is 103 Å². The maximum atomic E-state index is 14.1. The highest BCUT2D eigenvalue weighted by atomic mass is 32.2. The molecule has 352 valence electrons. The zero-order valence-corrected chi connectivity index (χ0v) is 38.1. The van der Waals surface area contributed by atoms with E-state index in [2.05, 4.69) is 0 Å². The SMILES string of the molecule is Cc1ccc(CCC(CS(=O)(=O)c2ccc(C)cc2)C(=O)c2ccc(C(=O)C[C@@H](CCC(=O)O)C(=O)N3CCOCCOCCOCCOCCOCCOCCOCC3)cc2)cc1. The first-order valence-corrected chi connectivity index (χ1v) is 23.7. The van der Waals surface area contributed by atoms with Crippen molar-refractivity contribution in [1.29, 1.82) is 0 Å². The van der Waals surface area contributed by atoms with Gasteiger partial charge in [-0.3, -0.25) is 19.2 Å². The average molecular weight is 912 g/mol. The Morgan fingerprint density at radius 3 is 1.44 bits per heavy atom. The quantitative estimate of drug-likeness (QED) is 0.195. The molecule has 1 heterocycles. The third kappa shape index (κ3) is 19.8. The van der Waals surface area contributed by atoms with Gasteiger partial charge in [-0.1, -0.05) is 71.8 Å². The van der Waals surface area contributed by atoms with Gasteiger partial charge in [0.2, 0.25) is 5.91 Å². The van der Waals surface area contributed by atoms with E-state index in [9.17, 15) is 32.7 Å². The van der Waals surface area contributed by atoms with Gasteiger partial charge in [0, 0.05) is 48.9 Å². The van der Waals surface area contributed by atoms with E-state index in [0.717, 1.165) is 16.7 Å². The van der Waals surface area contributed by atoms with Gasteiger partial charge in [0.25, 0.3) is 0 Å². The van der Waals surface area contributed by atoms with E-state index < -0.39 is 39.3 Å². The molecule has 0 aromatic heterocycles. The van der Waals surface area contributed by atoms with Crippen LogP contribution >= 0.6 is 0 Å². The number of nitrogens with zero attached hydrogens (tertiary/aromatic N) is 1. The normalized spacial score (nSPS) is 17.4. The van der Waals surface area contributed by atoms with Gasteiger partial charge in [-0.25, -0.2) is 8.42 Å². The molecule has 64 heavy (non-hydrogen) atoms. The molecule has 0 radical (unpaired) electrons. The molecule has 3 aromatic rings. The number of carboxylic acids is 1. The first-order valence-electron chi connectivity index (χ1n) is 22.0. The molecule has 1 unspecified atom stereocenters. The topological polar surface area (TPSA) is 190 Å². The minimum atomic E-state index is -3.82. The summed E-state index contributed by atoms with van der Waals surface area (Å²) in [7, 11) is -3.82. The van der Waals surface area contributed by atoms with Crippen LogP contribution < -0.4 is 0 Å². The van der Waals surface area contributed by atoms with Gasteiger partial charge < -0.3 is 43.2 Å². The van der Waals surface area contributed by atoms with E-state index in [0.29, 0.717) is 72.5 Å². The number of aliphatic carboxylic acids is 1. The lowest BCUT2D eigenvalue weighted by atomic mass is 9.90. The number of ketones is 2. The van der Waals surface area contributed by atoms with E-state index >= 15 is 0 Å². The third-order valence-corrected chi connectivity index (χ3v) is 12.4. The smallest absolute Gasteiger partial charge is 0.303 e. The summed E-state index contributed by atoms with van der Waals surface area (Å²) in [6.07, 6.45) is 0.0936. The van der Waals surface area contributed by atoms with E-state index in [4.69, 9.17) is 33.2 Å². The highest BCUT2D eigenvalue weighted by molar-refractivity contribution is 7.91. The van der Waals surface area contributed by atoms with Crippen molar-refractivity contribution >= 4 is 33.3 Å². The predicted octanol–water partition coefficient (Wildman–Crippen LogP) is 5.22. The van der Waals surface area contributed by atoms with Gasteiger partial charge in [-0.15, -0.1) is 0 Å². The molecule has 1 saturated heterocycles. The molecule has 15 nitrogen and oxygen atoms in total. The summed E-state index contributed by atoms with van der Waals surface area (Å²) in [5, 5.41) is 9.56. The molecule has 1 aliphatic rings. The number of benzene rings is 3. The van der Waals surface area contributed by atoms with Gasteiger partial charge in [0.1, 0.15) is 0 Å². The van der Waals surface area contributed by atoms with E-state index in [-0.39, 0.29) is 92.8 Å². The van der Waals surface area contributed by atoms with Crippen LogP contribution in [-0.4, -0.2) is 153 Å². The molecule has 4 rings (SSSR count). The summed E-state index contributed by atoms with van der Waals surface area (Å²) in [6.45, 7) is 8.98. The number of amides is 1. The predicted molar refractivity (Wildman–Crippen MR) is 239 cm³/mol. The number of hydrogen-bond donors (Lipinski definition) is 1. The minimum Gasteiger partial charge on any atom is -0.481 e. The van der Waals surface area contributed by atoms with Crippen molar-refractivity contribution in [3.8, 4) is 0 Å². The zero-order valence-electron chi connectivity index (χ0n) is 37.2. The average Bonchev–Trinajstić information content (AvgIpc) is 3.28. The lowest BCUT2D eigenvalue weighted by molar-refractivity contribution is -0.139. The Morgan fingerprint density at radius 2 is 0.984 bits per heavy atom. The minimum absolute atomic E-state index is 0.0786. The van der Waals surface area contributed by atoms with Gasteiger partial charge in [0.15, 0.2) is 21.4 Å². The Bertz CT molecular complexity index is 1930. The second-order valence-corrected chi connectivity index (χ2v) is 17.7. The number of carboxylic acid groups (broad SMARTS) is 1. The largest absolute Gasteiger partial charge is 0.481 e. The second-order valence-electron chi connectivity index (χ2n) is 15.6. The summed E-state index contributed by atoms with van der Waals surface area (Å²) >= 11 is 0. The lowest BCUT2D eigenvalue weighted by Crippen LogP contribution is -2.41. The summed E-state index contributed by atoms with van der Waals surface area (Å²) < 4.78 is 66.3. The summed E-state index contributed by atoms with van der Waals surface area (Å²) in [5.74, 6) is -4.50. The maximum Gasteiger partial charge on any atom is 0.303 e. The van der Waals surface area contributed by atoms with Crippen LogP contribution in [0.15, 0.2) is 77.7 Å². The Labute approximate surface area is 377 Å². The van der Waals surface area contributed by atoms with Crippen molar-refractivity contribution in [2.24, 2.45) is 11.8 Å². The lowest BCUT2D eigenvalue weighted by Gasteiger charge is -2.27. The number of rotatable bonds is 15. The Balaban J connectivity index is 1.43. The summed E-state index contributed by atoms with van der Waals surface area (Å²) in [6, 6.07) is 20.4. The Morgan fingerprint density at radius 1 is 0.562 bits per heavy atom. The fraction of sp³-hybridized carbons (Fsp3) is 0.542. The van der Waals surface area contributed by atoms with Crippen LogP contribution in [0.1, 0.15) is 63.1 Å². The molecule has 2 atom stereocenters. The molecule has 3 aromatic carbocycles. The van der Waals surface area contributed by atoms with Crippen LogP contribution in [0, 0.1) is 25.7 Å². The zero-order chi connectivity index (χ0) is 46.0. The number of carbonyl (C=O) groups is 4. The summed E-state index contributed by atoms with van der Waals surface area (Å²) in [5.41, 5.74) is 3.46. The van der Waals surface area contributed by atoms with Crippen LogP contribution in [0.25, 0.3) is 0 Å². The van der Waals surface area contributed by atoms with Gasteiger partial charge in [-0.05, 0) is 50.8 Å². The molecular weight excluding hydrogens is 847 g/mol. The van der Waals surface area contributed by atoms with E-state index in [1.54, 1.807) is 24.3 Å². The van der Waals surface area contributed by atoms with Gasteiger partial charge in [-0.2, -0.15) is 0 Å². The number of aryl methyl sites for hydroxylation is 3. The third-order valence-electron chi connectivity index (χ3n) is 10.6. The number of Topliss-reactive ketones (excluding diaryl/α,β-unsaturated/α-hetero) is 2. The number of ether oxygens (including phenoxy) is 7. The number of sulfone groups is 1. The van der Waals surface area contributed by atoms with Crippen molar-refractivity contribution in [3.63, 3.8) is 0 Å². The van der Waals surface area contributed by atoms with Crippen molar-refractivity contribution < 1.29 is 65.9 Å². The second kappa shape index (κ2) is 29.2. The van der Waals surface area contributed by atoms with Crippen LogP contribution in [-0.2, 0) is 59.0 Å². The molecule has 1 amide bonds.